The lowest BCUT2D eigenvalue weighted by Crippen LogP contribution is -2.53. The average Bonchev–Trinajstić information content (AvgIpc) is 3.61. The summed E-state index contributed by atoms with van der Waals surface area (Å²) in [5.74, 6) is 0.678. The van der Waals surface area contributed by atoms with Crippen LogP contribution in [0.15, 0.2) is 42.5 Å². The summed E-state index contributed by atoms with van der Waals surface area (Å²) in [5.41, 5.74) is 3.26. The number of anilines is 1. The van der Waals surface area contributed by atoms with E-state index in [9.17, 15) is 14.7 Å². The van der Waals surface area contributed by atoms with Crippen molar-refractivity contribution in [1.29, 1.82) is 0 Å². The van der Waals surface area contributed by atoms with Crippen LogP contribution in [0.5, 0.6) is 5.75 Å². The zero-order chi connectivity index (χ0) is 22.3. The molecule has 0 aromatic heterocycles. The van der Waals surface area contributed by atoms with Crippen molar-refractivity contribution in [2.24, 2.45) is 0 Å². The maximum atomic E-state index is 13.0. The van der Waals surface area contributed by atoms with Gasteiger partial charge < -0.3 is 24.5 Å². The molecule has 168 valence electrons. The van der Waals surface area contributed by atoms with Crippen LogP contribution in [0.3, 0.4) is 0 Å². The fourth-order valence-corrected chi connectivity index (χ4v) is 4.62. The van der Waals surface area contributed by atoms with Gasteiger partial charge in [0.05, 0.1) is 7.11 Å². The van der Waals surface area contributed by atoms with E-state index in [1.165, 1.54) is 11.1 Å². The fourth-order valence-electron chi connectivity index (χ4n) is 4.62. The molecule has 1 N–H and O–H groups in total. The van der Waals surface area contributed by atoms with Crippen LogP contribution in [0.2, 0.25) is 0 Å². The summed E-state index contributed by atoms with van der Waals surface area (Å²) in [4.78, 5) is 31.0. The average molecular weight is 436 g/mol. The van der Waals surface area contributed by atoms with E-state index in [0.717, 1.165) is 30.9 Å². The second-order valence-electron chi connectivity index (χ2n) is 8.97. The molecule has 1 aliphatic carbocycles. The number of fused-ring (bicyclic) bond motifs is 1. The summed E-state index contributed by atoms with van der Waals surface area (Å²) < 4.78 is 5.37. The highest BCUT2D eigenvalue weighted by Gasteiger charge is 2.50. The van der Waals surface area contributed by atoms with Gasteiger partial charge in [-0.3, -0.25) is 9.59 Å². The Morgan fingerprint density at radius 1 is 0.906 bits per heavy atom. The summed E-state index contributed by atoms with van der Waals surface area (Å²) in [5, 5.41) is 10.0. The Morgan fingerprint density at radius 2 is 1.59 bits per heavy atom. The lowest BCUT2D eigenvalue weighted by atomic mass is 9.99. The molecule has 2 heterocycles. The van der Waals surface area contributed by atoms with Crippen LogP contribution < -0.4 is 9.64 Å². The molecule has 32 heavy (non-hydrogen) atoms. The van der Waals surface area contributed by atoms with E-state index in [-0.39, 0.29) is 11.8 Å². The smallest absolute Gasteiger partial charge is 0.254 e. The van der Waals surface area contributed by atoms with E-state index in [1.807, 2.05) is 30.3 Å². The van der Waals surface area contributed by atoms with Gasteiger partial charge in [-0.15, -0.1) is 0 Å². The SMILES string of the molecule is COc1ccc2c(c1)CN(c1ccc(C(=O)N3CCN(C(=O)C4(O)CC4)CC3)cc1)CC2. The van der Waals surface area contributed by atoms with E-state index in [2.05, 4.69) is 17.0 Å². The molecular formula is C25H29N3O4. The Balaban J connectivity index is 1.20. The van der Waals surface area contributed by atoms with Gasteiger partial charge in [0, 0.05) is 50.5 Å². The number of carbonyl (C=O) groups is 2. The Kier molecular flexibility index (Phi) is 5.29. The third kappa shape index (κ3) is 3.93. The molecule has 3 aliphatic rings. The molecule has 0 spiro atoms. The molecule has 2 aliphatic heterocycles. The van der Waals surface area contributed by atoms with E-state index in [1.54, 1.807) is 16.9 Å². The van der Waals surface area contributed by atoms with Gasteiger partial charge in [0.2, 0.25) is 0 Å². The topological polar surface area (TPSA) is 73.3 Å². The second kappa shape index (κ2) is 8.13. The highest BCUT2D eigenvalue weighted by atomic mass is 16.5. The summed E-state index contributed by atoms with van der Waals surface area (Å²) in [7, 11) is 1.69. The van der Waals surface area contributed by atoms with Crippen LogP contribution in [0.1, 0.15) is 34.3 Å². The molecule has 2 aromatic carbocycles. The van der Waals surface area contributed by atoms with E-state index in [0.29, 0.717) is 44.6 Å². The van der Waals surface area contributed by atoms with Crippen molar-refractivity contribution in [3.8, 4) is 5.75 Å². The molecule has 2 amide bonds. The monoisotopic (exact) mass is 435 g/mol. The van der Waals surface area contributed by atoms with E-state index >= 15 is 0 Å². The molecule has 7 heteroatoms. The number of methoxy groups -OCH3 is 1. The minimum Gasteiger partial charge on any atom is -0.497 e. The third-order valence-electron chi connectivity index (χ3n) is 6.88. The maximum Gasteiger partial charge on any atom is 0.254 e. The lowest BCUT2D eigenvalue weighted by Gasteiger charge is -2.36. The van der Waals surface area contributed by atoms with Crippen molar-refractivity contribution in [3.05, 3.63) is 59.2 Å². The summed E-state index contributed by atoms with van der Waals surface area (Å²) in [6.07, 6.45) is 2.08. The van der Waals surface area contributed by atoms with Gasteiger partial charge in [0.15, 0.2) is 0 Å². The zero-order valence-electron chi connectivity index (χ0n) is 18.4. The quantitative estimate of drug-likeness (QED) is 0.796. The number of ether oxygens (including phenoxy) is 1. The van der Waals surface area contributed by atoms with Crippen molar-refractivity contribution < 1.29 is 19.4 Å². The predicted octanol–water partition coefficient (Wildman–Crippen LogP) is 2.07. The number of amides is 2. The highest BCUT2D eigenvalue weighted by Crippen LogP contribution is 2.37. The number of hydrogen-bond donors (Lipinski definition) is 1. The molecule has 2 fully saturated rings. The first-order valence-corrected chi connectivity index (χ1v) is 11.3. The van der Waals surface area contributed by atoms with E-state index in [4.69, 9.17) is 4.74 Å². The number of benzene rings is 2. The van der Waals surface area contributed by atoms with Gasteiger partial charge in [0.1, 0.15) is 11.4 Å². The van der Waals surface area contributed by atoms with Gasteiger partial charge in [-0.2, -0.15) is 0 Å². The molecule has 5 rings (SSSR count). The van der Waals surface area contributed by atoms with Gasteiger partial charge in [-0.1, -0.05) is 6.07 Å². The van der Waals surface area contributed by atoms with Gasteiger partial charge in [-0.25, -0.2) is 0 Å². The molecule has 0 bridgehead atoms. The van der Waals surface area contributed by atoms with Crippen molar-refractivity contribution in [3.63, 3.8) is 0 Å². The molecule has 2 aromatic rings. The van der Waals surface area contributed by atoms with Crippen LogP contribution in [0, 0.1) is 0 Å². The Bertz CT molecular complexity index is 1020. The van der Waals surface area contributed by atoms with E-state index < -0.39 is 5.60 Å². The summed E-state index contributed by atoms with van der Waals surface area (Å²) in [6, 6.07) is 14.1. The number of rotatable bonds is 4. The molecule has 0 unspecified atom stereocenters. The standard InChI is InChI=1S/C25H29N3O4/c1-32-22-7-4-18-8-11-28(17-20(18)16-22)21-5-2-19(3-6-21)23(29)26-12-14-27(15-13-26)24(30)25(31)9-10-25/h2-7,16,31H,8-15,17H2,1H3. The number of nitrogens with zero attached hydrogens (tertiary/aromatic N) is 3. The first-order valence-electron chi connectivity index (χ1n) is 11.3. The molecule has 1 saturated heterocycles. The summed E-state index contributed by atoms with van der Waals surface area (Å²) in [6.45, 7) is 3.70. The predicted molar refractivity (Wildman–Crippen MR) is 121 cm³/mol. The molecule has 7 nitrogen and oxygen atoms in total. The fraction of sp³-hybridized carbons (Fsp3) is 0.440. The summed E-state index contributed by atoms with van der Waals surface area (Å²) >= 11 is 0. The van der Waals surface area contributed by atoms with Crippen LogP contribution in [0.25, 0.3) is 0 Å². The Hall–Kier alpha value is -3.06. The maximum absolute atomic E-state index is 13.0. The molecular weight excluding hydrogens is 406 g/mol. The van der Waals surface area contributed by atoms with Crippen LogP contribution in [-0.2, 0) is 17.8 Å². The van der Waals surface area contributed by atoms with Crippen molar-refractivity contribution in [1.82, 2.24) is 9.80 Å². The van der Waals surface area contributed by atoms with Gasteiger partial charge in [-0.05, 0) is 66.8 Å². The number of hydrogen-bond acceptors (Lipinski definition) is 5. The lowest BCUT2D eigenvalue weighted by molar-refractivity contribution is -0.143. The Morgan fingerprint density at radius 3 is 2.25 bits per heavy atom. The van der Waals surface area contributed by atoms with Gasteiger partial charge >= 0.3 is 0 Å². The normalized spacial score (nSPS) is 19.4. The number of carbonyl (C=O) groups excluding carboxylic acids is 2. The van der Waals surface area contributed by atoms with Crippen molar-refractivity contribution in [2.45, 2.75) is 31.4 Å². The van der Waals surface area contributed by atoms with Crippen molar-refractivity contribution >= 4 is 17.5 Å². The van der Waals surface area contributed by atoms with Crippen molar-refractivity contribution in [2.75, 3.05) is 44.7 Å². The zero-order valence-corrected chi connectivity index (χ0v) is 18.4. The van der Waals surface area contributed by atoms with Gasteiger partial charge in [0.25, 0.3) is 11.8 Å². The number of piperazine rings is 1. The Labute approximate surface area is 188 Å². The van der Waals surface area contributed by atoms with Crippen LogP contribution >= 0.6 is 0 Å². The highest BCUT2D eigenvalue weighted by molar-refractivity contribution is 5.95. The second-order valence-corrected chi connectivity index (χ2v) is 8.97. The number of aliphatic hydroxyl groups is 1. The molecule has 1 saturated carbocycles. The van der Waals surface area contributed by atoms with Crippen LogP contribution in [0.4, 0.5) is 5.69 Å². The first kappa shape index (κ1) is 20.8. The minimum atomic E-state index is -1.14. The minimum absolute atomic E-state index is 0.0116. The largest absolute Gasteiger partial charge is 0.497 e. The molecule has 0 radical (unpaired) electrons. The molecule has 0 atom stereocenters. The third-order valence-corrected chi connectivity index (χ3v) is 6.88. The first-order chi connectivity index (χ1) is 15.5. The van der Waals surface area contributed by atoms with Crippen LogP contribution in [-0.4, -0.2) is 72.2 Å².